The van der Waals surface area contributed by atoms with Gasteiger partial charge in [-0.15, -0.1) is 5.10 Å². The smallest absolute Gasteiger partial charge is 0.228 e. The molecule has 4 rings (SSSR count). The Morgan fingerprint density at radius 3 is 2.47 bits per heavy atom. The van der Waals surface area contributed by atoms with Gasteiger partial charge in [0.15, 0.2) is 5.82 Å². The van der Waals surface area contributed by atoms with E-state index in [9.17, 15) is 9.18 Å². The van der Waals surface area contributed by atoms with Gasteiger partial charge in [-0.2, -0.15) is 4.68 Å². The van der Waals surface area contributed by atoms with E-state index in [4.69, 9.17) is 0 Å². The van der Waals surface area contributed by atoms with Gasteiger partial charge in [-0.1, -0.05) is 48.5 Å². The van der Waals surface area contributed by atoms with Gasteiger partial charge in [0.05, 0.1) is 24.3 Å². The van der Waals surface area contributed by atoms with E-state index in [0.29, 0.717) is 18.1 Å². The molecule has 4 aromatic rings. The molecule has 0 unspecified atom stereocenters. The van der Waals surface area contributed by atoms with Crippen LogP contribution in [-0.4, -0.2) is 26.1 Å². The first kappa shape index (κ1) is 19.3. The number of nitrogens with one attached hydrogen (secondary N) is 2. The van der Waals surface area contributed by atoms with Gasteiger partial charge < -0.3 is 10.6 Å². The Labute approximate surface area is 172 Å². The number of carbonyl (C=O) groups excluding carboxylic acids is 1. The third-order valence-electron chi connectivity index (χ3n) is 4.43. The highest BCUT2D eigenvalue weighted by Crippen LogP contribution is 2.21. The van der Waals surface area contributed by atoms with Gasteiger partial charge in [-0.05, 0) is 46.3 Å². The lowest BCUT2D eigenvalue weighted by molar-refractivity contribution is -0.115. The van der Waals surface area contributed by atoms with Crippen molar-refractivity contribution in [3.8, 4) is 5.69 Å². The maximum atomic E-state index is 14.2. The van der Waals surface area contributed by atoms with Gasteiger partial charge in [0.2, 0.25) is 5.91 Å². The number of anilines is 2. The Bertz CT molecular complexity index is 1130. The van der Waals surface area contributed by atoms with Crippen molar-refractivity contribution >= 4 is 17.3 Å². The van der Waals surface area contributed by atoms with Crippen molar-refractivity contribution in [3.05, 3.63) is 96.1 Å². The van der Waals surface area contributed by atoms with E-state index in [1.165, 1.54) is 6.07 Å². The van der Waals surface area contributed by atoms with Gasteiger partial charge in [0.25, 0.3) is 0 Å². The lowest BCUT2D eigenvalue weighted by atomic mass is 10.1. The number of halogens is 1. The monoisotopic (exact) mass is 402 g/mol. The molecule has 0 saturated carbocycles. The summed E-state index contributed by atoms with van der Waals surface area (Å²) < 4.78 is 15.8. The van der Waals surface area contributed by atoms with Gasteiger partial charge in [-0.3, -0.25) is 4.79 Å². The Kier molecular flexibility index (Phi) is 5.75. The number of benzene rings is 3. The zero-order chi connectivity index (χ0) is 20.8. The maximum Gasteiger partial charge on any atom is 0.228 e. The van der Waals surface area contributed by atoms with Crippen molar-refractivity contribution in [1.82, 2.24) is 20.2 Å². The number of para-hydroxylation sites is 1. The molecular weight excluding hydrogens is 383 g/mol. The van der Waals surface area contributed by atoms with Crippen molar-refractivity contribution < 1.29 is 9.18 Å². The SMILES string of the molecule is O=C(Cc1ccccc1)Nc1cc(NCc2nnnn2-c2ccccc2)ccc1F. The predicted molar refractivity (Wildman–Crippen MR) is 112 cm³/mol. The maximum absolute atomic E-state index is 14.2. The second-order valence-electron chi connectivity index (χ2n) is 6.60. The molecule has 0 radical (unpaired) electrons. The second kappa shape index (κ2) is 8.95. The number of rotatable bonds is 7. The molecule has 0 aliphatic rings. The topological polar surface area (TPSA) is 84.7 Å². The molecule has 2 N–H and O–H groups in total. The molecule has 150 valence electrons. The van der Waals surface area contributed by atoms with Gasteiger partial charge >= 0.3 is 0 Å². The number of hydrogen-bond donors (Lipinski definition) is 2. The van der Waals surface area contributed by atoms with Gasteiger partial charge in [0.1, 0.15) is 5.82 Å². The van der Waals surface area contributed by atoms with E-state index in [-0.39, 0.29) is 18.0 Å². The molecular formula is C22H19FN6O. The highest BCUT2D eigenvalue weighted by Gasteiger charge is 2.11. The molecule has 1 aromatic heterocycles. The summed E-state index contributed by atoms with van der Waals surface area (Å²) in [5, 5.41) is 17.6. The highest BCUT2D eigenvalue weighted by molar-refractivity contribution is 5.92. The number of nitrogens with zero attached hydrogens (tertiary/aromatic N) is 4. The number of carbonyl (C=O) groups is 1. The van der Waals surface area contributed by atoms with E-state index < -0.39 is 5.82 Å². The number of aromatic nitrogens is 4. The third kappa shape index (κ3) is 4.67. The summed E-state index contributed by atoms with van der Waals surface area (Å²) in [6, 6.07) is 23.3. The normalized spacial score (nSPS) is 10.6. The quantitative estimate of drug-likeness (QED) is 0.493. The molecule has 0 aliphatic carbocycles. The third-order valence-corrected chi connectivity index (χ3v) is 4.43. The summed E-state index contributed by atoms with van der Waals surface area (Å²) in [4.78, 5) is 12.3. The molecule has 0 atom stereocenters. The van der Waals surface area contributed by atoms with Crippen LogP contribution >= 0.6 is 0 Å². The van der Waals surface area contributed by atoms with Gasteiger partial charge in [0, 0.05) is 5.69 Å². The van der Waals surface area contributed by atoms with Crippen LogP contribution in [0.5, 0.6) is 0 Å². The molecule has 0 fully saturated rings. The molecule has 30 heavy (non-hydrogen) atoms. The van der Waals surface area contributed by atoms with Crippen molar-refractivity contribution in [2.75, 3.05) is 10.6 Å². The molecule has 0 spiro atoms. The average Bonchev–Trinajstić information content (AvgIpc) is 3.24. The first-order valence-corrected chi connectivity index (χ1v) is 9.39. The first-order chi connectivity index (χ1) is 14.7. The number of hydrogen-bond acceptors (Lipinski definition) is 5. The Balaban J connectivity index is 1.43. The molecule has 7 nitrogen and oxygen atoms in total. The largest absolute Gasteiger partial charge is 0.378 e. The van der Waals surface area contributed by atoms with Crippen LogP contribution in [-0.2, 0) is 17.8 Å². The van der Waals surface area contributed by atoms with Crippen molar-refractivity contribution in [2.24, 2.45) is 0 Å². The summed E-state index contributed by atoms with van der Waals surface area (Å²) in [5.74, 6) is -0.193. The number of tetrazole rings is 1. The van der Waals surface area contributed by atoms with Crippen LogP contribution in [0.1, 0.15) is 11.4 Å². The highest BCUT2D eigenvalue weighted by atomic mass is 19.1. The molecule has 0 saturated heterocycles. The number of amides is 1. The minimum atomic E-state index is -0.504. The minimum Gasteiger partial charge on any atom is -0.378 e. The van der Waals surface area contributed by atoms with E-state index in [1.807, 2.05) is 60.7 Å². The first-order valence-electron chi connectivity index (χ1n) is 9.39. The molecule has 8 heteroatoms. The van der Waals surface area contributed by atoms with E-state index in [2.05, 4.69) is 26.2 Å². The Morgan fingerprint density at radius 2 is 1.70 bits per heavy atom. The predicted octanol–water partition coefficient (Wildman–Crippen LogP) is 3.59. The van der Waals surface area contributed by atoms with E-state index in [1.54, 1.807) is 16.8 Å². The van der Waals surface area contributed by atoms with E-state index in [0.717, 1.165) is 11.3 Å². The van der Waals surface area contributed by atoms with Gasteiger partial charge in [-0.25, -0.2) is 4.39 Å². The van der Waals surface area contributed by atoms with Crippen molar-refractivity contribution in [2.45, 2.75) is 13.0 Å². The summed E-state index contributed by atoms with van der Waals surface area (Å²) >= 11 is 0. The fourth-order valence-electron chi connectivity index (χ4n) is 2.97. The fourth-order valence-corrected chi connectivity index (χ4v) is 2.97. The molecule has 1 amide bonds. The van der Waals surface area contributed by atoms with Crippen LogP contribution in [0.25, 0.3) is 5.69 Å². The van der Waals surface area contributed by atoms with Crippen LogP contribution < -0.4 is 10.6 Å². The summed E-state index contributed by atoms with van der Waals surface area (Å²) in [6.07, 6.45) is 0.170. The lowest BCUT2D eigenvalue weighted by Crippen LogP contribution is -2.15. The van der Waals surface area contributed by atoms with Crippen LogP contribution in [0.3, 0.4) is 0 Å². The average molecular weight is 402 g/mol. The van der Waals surface area contributed by atoms with E-state index >= 15 is 0 Å². The zero-order valence-corrected chi connectivity index (χ0v) is 16.0. The second-order valence-corrected chi connectivity index (χ2v) is 6.60. The van der Waals surface area contributed by atoms with Crippen LogP contribution in [0, 0.1) is 5.82 Å². The Morgan fingerprint density at radius 1 is 0.967 bits per heavy atom. The molecule has 0 aliphatic heterocycles. The minimum absolute atomic E-state index is 0.114. The summed E-state index contributed by atoms with van der Waals surface area (Å²) in [6.45, 7) is 0.324. The summed E-state index contributed by atoms with van der Waals surface area (Å²) in [7, 11) is 0. The van der Waals surface area contributed by atoms with Crippen molar-refractivity contribution in [3.63, 3.8) is 0 Å². The fraction of sp³-hybridized carbons (Fsp3) is 0.0909. The van der Waals surface area contributed by atoms with Crippen LogP contribution in [0.2, 0.25) is 0 Å². The zero-order valence-electron chi connectivity index (χ0n) is 16.0. The van der Waals surface area contributed by atoms with Crippen molar-refractivity contribution in [1.29, 1.82) is 0 Å². The molecule has 0 bridgehead atoms. The van der Waals surface area contributed by atoms with Crippen LogP contribution in [0.15, 0.2) is 78.9 Å². The Hall–Kier alpha value is -4.07. The molecule has 3 aromatic carbocycles. The van der Waals surface area contributed by atoms with Crippen LogP contribution in [0.4, 0.5) is 15.8 Å². The summed E-state index contributed by atoms with van der Waals surface area (Å²) in [5.41, 5.74) is 2.45. The standard InChI is InChI=1S/C22H19FN6O/c23-19-12-11-17(14-20(19)25-22(30)13-16-7-3-1-4-8-16)24-15-21-26-27-28-29(21)18-9-5-2-6-10-18/h1-12,14,24H,13,15H2,(H,25,30). The lowest BCUT2D eigenvalue weighted by Gasteiger charge is -2.11. The molecule has 1 heterocycles.